The molecule has 1 aromatic heterocycles. The number of rotatable bonds is 4. The third kappa shape index (κ3) is 2.87. The molecule has 0 atom stereocenters. The summed E-state index contributed by atoms with van der Waals surface area (Å²) in [5, 5.41) is 22.3. The van der Waals surface area contributed by atoms with Crippen LogP contribution < -0.4 is 5.32 Å². The Morgan fingerprint density at radius 2 is 2.10 bits per heavy atom. The van der Waals surface area contributed by atoms with Crippen LogP contribution in [0.4, 0.5) is 15.9 Å². The Balaban J connectivity index is 2.17. The fourth-order valence-electron chi connectivity index (χ4n) is 1.61. The first-order valence-electron chi connectivity index (χ1n) is 5.64. The lowest BCUT2D eigenvalue weighted by Crippen LogP contribution is -2.05. The summed E-state index contributed by atoms with van der Waals surface area (Å²) in [7, 11) is 0. The third-order valence-corrected chi connectivity index (χ3v) is 2.59. The highest BCUT2D eigenvalue weighted by Gasteiger charge is 2.15. The van der Waals surface area contributed by atoms with E-state index in [-0.39, 0.29) is 29.6 Å². The number of hydrogen-bond acceptors (Lipinski definition) is 5. The van der Waals surface area contributed by atoms with Crippen LogP contribution in [0.15, 0.2) is 36.4 Å². The number of nitro groups is 1. The topological polar surface area (TPSA) is 91.8 Å². The van der Waals surface area contributed by atoms with E-state index in [9.17, 15) is 14.5 Å². The first-order valence-corrected chi connectivity index (χ1v) is 5.64. The van der Waals surface area contributed by atoms with Crippen molar-refractivity contribution in [2.45, 2.75) is 6.54 Å². The minimum absolute atomic E-state index is 0.169. The van der Waals surface area contributed by atoms with Gasteiger partial charge in [-0.25, -0.2) is 9.37 Å². The average molecular weight is 272 g/mol. The molecule has 0 aliphatic heterocycles. The molecule has 1 N–H and O–H groups in total. The maximum atomic E-state index is 13.4. The van der Waals surface area contributed by atoms with E-state index in [1.165, 1.54) is 18.2 Å². The highest BCUT2D eigenvalue weighted by molar-refractivity contribution is 5.50. The van der Waals surface area contributed by atoms with Crippen molar-refractivity contribution in [1.82, 2.24) is 4.98 Å². The molecule has 0 aliphatic carbocycles. The molecule has 2 rings (SSSR count). The van der Waals surface area contributed by atoms with Gasteiger partial charge in [-0.2, -0.15) is 5.26 Å². The van der Waals surface area contributed by atoms with Crippen LogP contribution in [-0.2, 0) is 6.54 Å². The normalized spacial score (nSPS) is 9.80. The summed E-state index contributed by atoms with van der Waals surface area (Å²) in [5.41, 5.74) is -0.205. The van der Waals surface area contributed by atoms with Crippen LogP contribution in [-0.4, -0.2) is 9.91 Å². The second-order valence-corrected chi connectivity index (χ2v) is 3.88. The molecular formula is C13H9FN4O2. The van der Waals surface area contributed by atoms with Crippen LogP contribution in [0.3, 0.4) is 0 Å². The largest absolute Gasteiger partial charge is 0.366 e. The van der Waals surface area contributed by atoms with E-state index >= 15 is 0 Å². The van der Waals surface area contributed by atoms with Crippen LogP contribution in [0, 0.1) is 27.3 Å². The van der Waals surface area contributed by atoms with Crippen LogP contribution in [0.2, 0.25) is 0 Å². The molecular weight excluding hydrogens is 263 g/mol. The van der Waals surface area contributed by atoms with Crippen LogP contribution in [0.25, 0.3) is 0 Å². The average Bonchev–Trinajstić information content (AvgIpc) is 2.46. The summed E-state index contributed by atoms with van der Waals surface area (Å²) in [6.45, 7) is 0.169. The van der Waals surface area contributed by atoms with Gasteiger partial charge in [0.05, 0.1) is 4.92 Å². The maximum absolute atomic E-state index is 13.4. The molecule has 0 saturated carbocycles. The second kappa shape index (κ2) is 5.75. The fourth-order valence-corrected chi connectivity index (χ4v) is 1.61. The van der Waals surface area contributed by atoms with E-state index in [0.29, 0.717) is 5.56 Å². The highest BCUT2D eigenvalue weighted by atomic mass is 19.1. The Labute approximate surface area is 113 Å². The van der Waals surface area contributed by atoms with Gasteiger partial charge in [-0.1, -0.05) is 18.2 Å². The Morgan fingerprint density at radius 1 is 1.35 bits per heavy atom. The lowest BCUT2D eigenvalue weighted by atomic mass is 10.2. The Kier molecular flexibility index (Phi) is 3.86. The van der Waals surface area contributed by atoms with Crippen LogP contribution in [0.5, 0.6) is 0 Å². The van der Waals surface area contributed by atoms with Gasteiger partial charge in [0, 0.05) is 18.2 Å². The number of hydrogen-bond donors (Lipinski definition) is 1. The molecule has 0 aliphatic rings. The summed E-state index contributed by atoms with van der Waals surface area (Å²) in [4.78, 5) is 13.8. The van der Waals surface area contributed by atoms with Gasteiger partial charge in [0.1, 0.15) is 17.7 Å². The number of nitrogens with one attached hydrogen (secondary N) is 1. The van der Waals surface area contributed by atoms with E-state index in [4.69, 9.17) is 5.26 Å². The first kappa shape index (κ1) is 13.4. The third-order valence-electron chi connectivity index (χ3n) is 2.59. The van der Waals surface area contributed by atoms with Crippen molar-refractivity contribution < 1.29 is 9.31 Å². The van der Waals surface area contributed by atoms with Gasteiger partial charge in [0.2, 0.25) is 5.69 Å². The Bertz CT molecular complexity index is 697. The smallest absolute Gasteiger partial charge is 0.305 e. The molecule has 0 bridgehead atoms. The highest BCUT2D eigenvalue weighted by Crippen LogP contribution is 2.18. The number of benzene rings is 1. The molecule has 7 heteroatoms. The van der Waals surface area contributed by atoms with Gasteiger partial charge in [0.25, 0.3) is 0 Å². The SMILES string of the molecule is N#Cc1nc(NCc2ccccc2F)ccc1[N+](=O)[O-]. The van der Waals surface area contributed by atoms with E-state index in [2.05, 4.69) is 10.3 Å². The van der Waals surface area contributed by atoms with Crippen molar-refractivity contribution in [2.24, 2.45) is 0 Å². The molecule has 0 fully saturated rings. The lowest BCUT2D eigenvalue weighted by Gasteiger charge is -2.06. The molecule has 1 heterocycles. The Hall–Kier alpha value is -3.01. The number of pyridine rings is 1. The minimum atomic E-state index is -0.674. The van der Waals surface area contributed by atoms with Crippen molar-refractivity contribution in [1.29, 1.82) is 5.26 Å². The maximum Gasteiger partial charge on any atom is 0.305 e. The predicted octanol–water partition coefficient (Wildman–Crippen LogP) is 2.61. The first-order chi connectivity index (χ1) is 9.61. The quantitative estimate of drug-likeness (QED) is 0.682. The summed E-state index contributed by atoms with van der Waals surface area (Å²) < 4.78 is 13.4. The zero-order valence-electron chi connectivity index (χ0n) is 10.2. The molecule has 100 valence electrons. The number of nitriles is 1. The van der Waals surface area contributed by atoms with Crippen LogP contribution >= 0.6 is 0 Å². The zero-order chi connectivity index (χ0) is 14.5. The Morgan fingerprint density at radius 3 is 2.75 bits per heavy atom. The second-order valence-electron chi connectivity index (χ2n) is 3.88. The molecule has 0 unspecified atom stereocenters. The molecule has 0 radical (unpaired) electrons. The van der Waals surface area contributed by atoms with E-state index < -0.39 is 4.92 Å². The van der Waals surface area contributed by atoms with Crippen LogP contribution in [0.1, 0.15) is 11.3 Å². The summed E-state index contributed by atoms with van der Waals surface area (Å²) >= 11 is 0. The summed E-state index contributed by atoms with van der Waals surface area (Å²) in [6, 6.07) is 10.4. The van der Waals surface area contributed by atoms with E-state index in [1.54, 1.807) is 24.3 Å². The van der Waals surface area contributed by atoms with Crippen molar-refractivity contribution in [2.75, 3.05) is 5.32 Å². The predicted molar refractivity (Wildman–Crippen MR) is 69.3 cm³/mol. The monoisotopic (exact) mass is 272 g/mol. The van der Waals surface area contributed by atoms with Gasteiger partial charge in [0.15, 0.2) is 0 Å². The molecule has 20 heavy (non-hydrogen) atoms. The number of anilines is 1. The standard InChI is InChI=1S/C13H9FN4O2/c14-10-4-2-1-3-9(10)8-16-13-6-5-12(18(19)20)11(7-15)17-13/h1-6H,8H2,(H,16,17). The van der Waals surface area contributed by atoms with E-state index in [0.717, 1.165) is 0 Å². The van der Waals surface area contributed by atoms with Gasteiger partial charge in [-0.05, 0) is 12.1 Å². The lowest BCUT2D eigenvalue weighted by molar-refractivity contribution is -0.385. The number of aromatic nitrogens is 1. The summed E-state index contributed by atoms with van der Waals surface area (Å²) in [5.74, 6) is -0.0854. The minimum Gasteiger partial charge on any atom is -0.366 e. The van der Waals surface area contributed by atoms with Gasteiger partial charge >= 0.3 is 5.69 Å². The van der Waals surface area contributed by atoms with Gasteiger partial charge in [-0.15, -0.1) is 0 Å². The summed E-state index contributed by atoms with van der Waals surface area (Å²) in [6.07, 6.45) is 0. The molecule has 0 spiro atoms. The zero-order valence-corrected chi connectivity index (χ0v) is 10.2. The fraction of sp³-hybridized carbons (Fsp3) is 0.0769. The van der Waals surface area contributed by atoms with Crippen molar-refractivity contribution >= 4 is 11.5 Å². The number of nitrogens with zero attached hydrogens (tertiary/aromatic N) is 3. The van der Waals surface area contributed by atoms with Crippen molar-refractivity contribution in [3.8, 4) is 6.07 Å². The van der Waals surface area contributed by atoms with Crippen molar-refractivity contribution in [3.05, 3.63) is 63.6 Å². The molecule has 0 amide bonds. The molecule has 1 aromatic carbocycles. The van der Waals surface area contributed by atoms with Gasteiger partial charge in [-0.3, -0.25) is 10.1 Å². The van der Waals surface area contributed by atoms with E-state index in [1.807, 2.05) is 0 Å². The number of halogens is 1. The molecule has 6 nitrogen and oxygen atoms in total. The molecule has 0 saturated heterocycles. The van der Waals surface area contributed by atoms with Crippen molar-refractivity contribution in [3.63, 3.8) is 0 Å². The van der Waals surface area contributed by atoms with Gasteiger partial charge < -0.3 is 5.32 Å². The molecule has 2 aromatic rings.